The highest BCUT2D eigenvalue weighted by molar-refractivity contribution is 5.95. The van der Waals surface area contributed by atoms with E-state index < -0.39 is 23.4 Å². The number of para-hydroxylation sites is 1. The third-order valence-corrected chi connectivity index (χ3v) is 3.77. The molecule has 0 bridgehead atoms. The predicted octanol–water partition coefficient (Wildman–Crippen LogP) is 2.30. The molecule has 0 aliphatic rings. The smallest absolute Gasteiger partial charge is 0.320 e. The van der Waals surface area contributed by atoms with Crippen LogP contribution < -0.4 is 0 Å². The zero-order valence-corrected chi connectivity index (χ0v) is 14.5. The summed E-state index contributed by atoms with van der Waals surface area (Å²) in [5.41, 5.74) is 0.976. The molecule has 0 atom stereocenters. The molecular formula is C17H23N3O4. The van der Waals surface area contributed by atoms with Crippen molar-refractivity contribution in [2.45, 2.75) is 39.7 Å². The summed E-state index contributed by atoms with van der Waals surface area (Å²) in [5.74, 6) is -2.15. The number of rotatable bonds is 7. The van der Waals surface area contributed by atoms with Crippen molar-refractivity contribution >= 4 is 23.0 Å². The van der Waals surface area contributed by atoms with Crippen molar-refractivity contribution < 1.29 is 19.1 Å². The summed E-state index contributed by atoms with van der Waals surface area (Å²) in [6, 6.07) is 7.55. The summed E-state index contributed by atoms with van der Waals surface area (Å²) in [7, 11) is 0. The van der Waals surface area contributed by atoms with E-state index in [0.717, 1.165) is 11.0 Å². The van der Waals surface area contributed by atoms with Crippen LogP contribution in [0.25, 0.3) is 11.0 Å². The summed E-state index contributed by atoms with van der Waals surface area (Å²) in [5, 5.41) is 8.33. The fourth-order valence-corrected chi connectivity index (χ4v) is 2.65. The van der Waals surface area contributed by atoms with E-state index in [-0.39, 0.29) is 19.6 Å². The lowest BCUT2D eigenvalue weighted by Crippen LogP contribution is -2.37. The van der Waals surface area contributed by atoms with E-state index in [9.17, 15) is 9.59 Å². The first-order valence-corrected chi connectivity index (χ1v) is 8.05. The summed E-state index contributed by atoms with van der Waals surface area (Å²) >= 11 is 0. The highest BCUT2D eigenvalue weighted by atomic mass is 16.6. The van der Waals surface area contributed by atoms with Crippen LogP contribution in [0.4, 0.5) is 0 Å². The van der Waals surface area contributed by atoms with Gasteiger partial charge in [0.1, 0.15) is 5.52 Å². The van der Waals surface area contributed by atoms with Crippen LogP contribution in [-0.2, 0) is 24.6 Å². The van der Waals surface area contributed by atoms with Crippen LogP contribution in [0, 0.1) is 5.92 Å². The van der Waals surface area contributed by atoms with Crippen LogP contribution in [0.15, 0.2) is 24.3 Å². The third kappa shape index (κ3) is 3.72. The van der Waals surface area contributed by atoms with Gasteiger partial charge in [-0.2, -0.15) is 0 Å². The predicted molar refractivity (Wildman–Crippen MR) is 88.2 cm³/mol. The Kier molecular flexibility index (Phi) is 5.54. The molecule has 0 aliphatic carbocycles. The molecule has 0 amide bonds. The van der Waals surface area contributed by atoms with Crippen LogP contribution >= 0.6 is 0 Å². The van der Waals surface area contributed by atoms with Crippen LogP contribution in [0.5, 0.6) is 0 Å². The van der Waals surface area contributed by atoms with Gasteiger partial charge in [-0.1, -0.05) is 17.3 Å². The highest BCUT2D eigenvalue weighted by Gasteiger charge is 2.37. The minimum atomic E-state index is -0.997. The normalized spacial score (nSPS) is 11.7. The maximum atomic E-state index is 12.2. The zero-order chi connectivity index (χ0) is 17.7. The van der Waals surface area contributed by atoms with Gasteiger partial charge in [0.25, 0.3) is 0 Å². The Bertz CT molecular complexity index is 705. The molecule has 130 valence electrons. The molecule has 0 unspecified atom stereocenters. The monoisotopic (exact) mass is 333 g/mol. The van der Waals surface area contributed by atoms with Crippen LogP contribution in [-0.4, -0.2) is 40.1 Å². The minimum Gasteiger partial charge on any atom is -0.465 e. The van der Waals surface area contributed by atoms with Gasteiger partial charge >= 0.3 is 11.9 Å². The Morgan fingerprint density at radius 2 is 1.71 bits per heavy atom. The molecule has 0 N–H and O–H groups in total. The van der Waals surface area contributed by atoms with Gasteiger partial charge in [0.05, 0.1) is 24.3 Å². The van der Waals surface area contributed by atoms with E-state index in [1.54, 1.807) is 18.5 Å². The number of carbonyl (C=O) groups excluding carboxylic acids is 2. The van der Waals surface area contributed by atoms with E-state index in [2.05, 4.69) is 10.3 Å². The van der Waals surface area contributed by atoms with Crippen LogP contribution in [0.1, 0.15) is 34.1 Å². The van der Waals surface area contributed by atoms with E-state index in [1.807, 2.05) is 38.1 Å². The molecule has 1 aromatic carbocycles. The maximum absolute atomic E-state index is 12.2. The molecule has 0 saturated heterocycles. The average molecular weight is 333 g/mol. The fraction of sp³-hybridized carbons (Fsp3) is 0.529. The third-order valence-electron chi connectivity index (χ3n) is 3.77. The largest absolute Gasteiger partial charge is 0.465 e. The number of nitrogens with zero attached hydrogens (tertiary/aromatic N) is 3. The van der Waals surface area contributed by atoms with Crippen molar-refractivity contribution in [3.05, 3.63) is 24.3 Å². The van der Waals surface area contributed by atoms with Gasteiger partial charge in [-0.05, 0) is 46.2 Å². The Balaban J connectivity index is 2.32. The van der Waals surface area contributed by atoms with Crippen molar-refractivity contribution in [2.75, 3.05) is 13.2 Å². The summed E-state index contributed by atoms with van der Waals surface area (Å²) < 4.78 is 11.8. The topological polar surface area (TPSA) is 83.3 Å². The number of hydrogen-bond acceptors (Lipinski definition) is 6. The highest BCUT2D eigenvalue weighted by Crippen LogP contribution is 2.28. The van der Waals surface area contributed by atoms with Crippen LogP contribution in [0.3, 0.4) is 0 Å². The number of esters is 2. The van der Waals surface area contributed by atoms with E-state index in [1.165, 1.54) is 0 Å². The lowest BCUT2D eigenvalue weighted by molar-refractivity contribution is -0.163. The van der Waals surface area contributed by atoms with E-state index in [0.29, 0.717) is 0 Å². The van der Waals surface area contributed by atoms with Gasteiger partial charge in [-0.3, -0.25) is 9.59 Å². The second-order valence-electron chi connectivity index (χ2n) is 6.06. The Morgan fingerprint density at radius 3 is 2.29 bits per heavy atom. The lowest BCUT2D eigenvalue weighted by atomic mass is 9.90. The molecule has 7 heteroatoms. The van der Waals surface area contributed by atoms with Crippen LogP contribution in [0.2, 0.25) is 0 Å². The lowest BCUT2D eigenvalue weighted by Gasteiger charge is -2.28. The van der Waals surface area contributed by atoms with Crippen molar-refractivity contribution in [1.29, 1.82) is 0 Å². The maximum Gasteiger partial charge on any atom is 0.320 e. The van der Waals surface area contributed by atoms with Gasteiger partial charge in [0.15, 0.2) is 5.92 Å². The quantitative estimate of drug-likeness (QED) is 0.571. The minimum absolute atomic E-state index is 0.206. The first kappa shape index (κ1) is 17.9. The molecule has 2 aromatic rings. The Hall–Kier alpha value is -2.44. The molecular weight excluding hydrogens is 310 g/mol. The Labute approximate surface area is 140 Å². The number of benzene rings is 1. The summed E-state index contributed by atoms with van der Waals surface area (Å²) in [6.07, 6.45) is 0.206. The molecule has 1 heterocycles. The van der Waals surface area contributed by atoms with Gasteiger partial charge in [0, 0.05) is 0 Å². The number of hydrogen-bond donors (Lipinski definition) is 0. The second kappa shape index (κ2) is 7.42. The number of ether oxygens (including phenoxy) is 2. The standard InChI is InChI=1S/C17H23N3O4/c1-5-23-15(21)12(16(22)24-6-2)11-17(3,4)20-14-10-8-7-9-13(14)18-19-20/h7-10,12H,5-6,11H2,1-4H3. The molecule has 24 heavy (non-hydrogen) atoms. The van der Waals surface area contributed by atoms with Gasteiger partial charge < -0.3 is 9.47 Å². The van der Waals surface area contributed by atoms with Gasteiger partial charge in [-0.25, -0.2) is 4.68 Å². The van der Waals surface area contributed by atoms with Crippen molar-refractivity contribution in [3.8, 4) is 0 Å². The van der Waals surface area contributed by atoms with Gasteiger partial charge in [0.2, 0.25) is 0 Å². The zero-order valence-electron chi connectivity index (χ0n) is 14.5. The first-order chi connectivity index (χ1) is 11.4. The molecule has 7 nitrogen and oxygen atoms in total. The van der Waals surface area contributed by atoms with E-state index >= 15 is 0 Å². The van der Waals surface area contributed by atoms with Crippen molar-refractivity contribution in [2.24, 2.45) is 5.92 Å². The van der Waals surface area contributed by atoms with Crippen molar-refractivity contribution in [1.82, 2.24) is 15.0 Å². The molecule has 0 aliphatic heterocycles. The second-order valence-corrected chi connectivity index (χ2v) is 6.06. The number of carbonyl (C=O) groups is 2. The van der Waals surface area contributed by atoms with Gasteiger partial charge in [-0.15, -0.1) is 5.10 Å². The Morgan fingerprint density at radius 1 is 1.12 bits per heavy atom. The average Bonchev–Trinajstić information content (AvgIpc) is 2.98. The molecule has 2 rings (SSSR count). The van der Waals surface area contributed by atoms with Crippen molar-refractivity contribution in [3.63, 3.8) is 0 Å². The molecule has 0 radical (unpaired) electrons. The molecule has 0 saturated carbocycles. The first-order valence-electron chi connectivity index (χ1n) is 8.05. The molecule has 0 spiro atoms. The number of fused-ring (bicyclic) bond motifs is 1. The summed E-state index contributed by atoms with van der Waals surface area (Å²) in [4.78, 5) is 24.4. The number of aromatic nitrogens is 3. The summed E-state index contributed by atoms with van der Waals surface area (Å²) in [6.45, 7) is 7.63. The molecule has 1 aromatic heterocycles. The fourth-order valence-electron chi connectivity index (χ4n) is 2.65. The molecule has 0 fully saturated rings. The SMILES string of the molecule is CCOC(=O)C(CC(C)(C)n1nnc2ccccc21)C(=O)OCC. The van der Waals surface area contributed by atoms with E-state index in [4.69, 9.17) is 9.47 Å².